The number of ether oxygens (including phenoxy) is 1. The lowest BCUT2D eigenvalue weighted by Gasteiger charge is -2.13. The quantitative estimate of drug-likeness (QED) is 0.898. The van der Waals surface area contributed by atoms with E-state index in [4.69, 9.17) is 10.5 Å². The lowest BCUT2D eigenvalue weighted by atomic mass is 10.1. The number of hydrogen-bond acceptors (Lipinski definition) is 3. The van der Waals surface area contributed by atoms with Crippen LogP contribution >= 0.6 is 0 Å². The smallest absolute Gasteiger partial charge is 0.130 e. The molecular weight excluding hydrogens is 238 g/mol. The summed E-state index contributed by atoms with van der Waals surface area (Å²) in [6, 6.07) is 9.94. The Morgan fingerprint density at radius 2 is 2.11 bits per heavy atom. The van der Waals surface area contributed by atoms with E-state index in [0.717, 1.165) is 29.1 Å². The van der Waals surface area contributed by atoms with Gasteiger partial charge in [0, 0.05) is 18.7 Å². The van der Waals surface area contributed by atoms with Gasteiger partial charge in [-0.2, -0.15) is 5.10 Å². The minimum absolute atomic E-state index is 0.0334. The van der Waals surface area contributed by atoms with Gasteiger partial charge in [-0.1, -0.05) is 25.1 Å². The Labute approximate surface area is 114 Å². The normalized spacial score (nSPS) is 12.4. The minimum Gasteiger partial charge on any atom is -0.487 e. The highest BCUT2D eigenvalue weighted by Gasteiger charge is 2.09. The summed E-state index contributed by atoms with van der Waals surface area (Å²) in [7, 11) is 1.94. The number of aromatic nitrogens is 2. The van der Waals surface area contributed by atoms with E-state index < -0.39 is 0 Å². The van der Waals surface area contributed by atoms with Gasteiger partial charge in [0.2, 0.25) is 0 Å². The predicted octanol–water partition coefficient (Wildman–Crippen LogP) is 2.58. The SMILES string of the molecule is CCc1cc(COc2ccccc2[C@@H](C)N)n(C)n1. The topological polar surface area (TPSA) is 53.1 Å². The van der Waals surface area contributed by atoms with Crippen molar-refractivity contribution in [2.24, 2.45) is 12.8 Å². The molecule has 0 aliphatic heterocycles. The molecule has 0 saturated carbocycles. The molecule has 0 spiro atoms. The Morgan fingerprint density at radius 1 is 1.37 bits per heavy atom. The van der Waals surface area contributed by atoms with Crippen LogP contribution in [0.5, 0.6) is 5.75 Å². The summed E-state index contributed by atoms with van der Waals surface area (Å²) in [4.78, 5) is 0. The van der Waals surface area contributed by atoms with Gasteiger partial charge in [-0.3, -0.25) is 4.68 Å². The zero-order valence-corrected chi connectivity index (χ0v) is 11.8. The Balaban J connectivity index is 2.12. The number of nitrogens with two attached hydrogens (primary N) is 1. The van der Waals surface area contributed by atoms with Crippen molar-refractivity contribution < 1.29 is 4.74 Å². The van der Waals surface area contributed by atoms with Crippen molar-refractivity contribution in [1.29, 1.82) is 0 Å². The first-order chi connectivity index (χ1) is 9.11. The van der Waals surface area contributed by atoms with Gasteiger partial charge in [0.15, 0.2) is 0 Å². The maximum atomic E-state index is 5.94. The van der Waals surface area contributed by atoms with Crippen LogP contribution in [0, 0.1) is 0 Å². The fourth-order valence-corrected chi connectivity index (χ4v) is 2.02. The first-order valence-corrected chi connectivity index (χ1v) is 6.61. The first-order valence-electron chi connectivity index (χ1n) is 6.61. The third-order valence-electron chi connectivity index (χ3n) is 3.17. The Hall–Kier alpha value is -1.81. The van der Waals surface area contributed by atoms with E-state index in [2.05, 4.69) is 18.1 Å². The summed E-state index contributed by atoms with van der Waals surface area (Å²) in [5.41, 5.74) is 9.12. The number of para-hydroxylation sites is 1. The monoisotopic (exact) mass is 259 g/mol. The Morgan fingerprint density at radius 3 is 2.74 bits per heavy atom. The van der Waals surface area contributed by atoms with Crippen LogP contribution in [0.4, 0.5) is 0 Å². The van der Waals surface area contributed by atoms with Crippen molar-refractivity contribution in [2.45, 2.75) is 32.9 Å². The van der Waals surface area contributed by atoms with E-state index in [1.807, 2.05) is 42.9 Å². The fraction of sp³-hybridized carbons (Fsp3) is 0.400. The highest BCUT2D eigenvalue weighted by Crippen LogP contribution is 2.24. The van der Waals surface area contributed by atoms with Crippen molar-refractivity contribution in [3.05, 3.63) is 47.3 Å². The molecule has 0 radical (unpaired) electrons. The summed E-state index contributed by atoms with van der Waals surface area (Å²) < 4.78 is 7.75. The largest absolute Gasteiger partial charge is 0.487 e. The molecule has 4 heteroatoms. The van der Waals surface area contributed by atoms with Gasteiger partial charge < -0.3 is 10.5 Å². The van der Waals surface area contributed by atoms with Crippen molar-refractivity contribution in [1.82, 2.24) is 9.78 Å². The summed E-state index contributed by atoms with van der Waals surface area (Å²) in [5.74, 6) is 0.844. The highest BCUT2D eigenvalue weighted by molar-refractivity contribution is 5.35. The molecule has 2 aromatic rings. The van der Waals surface area contributed by atoms with Crippen LogP contribution in [0.2, 0.25) is 0 Å². The maximum absolute atomic E-state index is 5.94. The van der Waals surface area contributed by atoms with Gasteiger partial charge in [-0.05, 0) is 25.5 Å². The molecule has 2 N–H and O–H groups in total. The van der Waals surface area contributed by atoms with Crippen molar-refractivity contribution in [3.8, 4) is 5.75 Å². The average molecular weight is 259 g/mol. The van der Waals surface area contributed by atoms with Crippen LogP contribution in [0.15, 0.2) is 30.3 Å². The molecule has 0 bridgehead atoms. The molecule has 0 amide bonds. The maximum Gasteiger partial charge on any atom is 0.130 e. The van der Waals surface area contributed by atoms with Crippen LogP contribution < -0.4 is 10.5 Å². The van der Waals surface area contributed by atoms with Crippen LogP contribution in [-0.4, -0.2) is 9.78 Å². The number of benzene rings is 1. The van der Waals surface area contributed by atoms with Gasteiger partial charge in [-0.15, -0.1) is 0 Å². The zero-order valence-electron chi connectivity index (χ0n) is 11.8. The third-order valence-corrected chi connectivity index (χ3v) is 3.17. The Bertz CT molecular complexity index is 546. The summed E-state index contributed by atoms with van der Waals surface area (Å²) in [6.07, 6.45) is 0.935. The summed E-state index contributed by atoms with van der Waals surface area (Å²) in [5, 5.41) is 4.41. The molecule has 0 saturated heterocycles. The third kappa shape index (κ3) is 3.15. The van der Waals surface area contributed by atoms with Crippen LogP contribution in [0.1, 0.15) is 36.8 Å². The molecule has 1 aromatic carbocycles. The molecule has 0 unspecified atom stereocenters. The van der Waals surface area contributed by atoms with E-state index in [0.29, 0.717) is 6.61 Å². The van der Waals surface area contributed by atoms with E-state index in [1.54, 1.807) is 0 Å². The fourth-order valence-electron chi connectivity index (χ4n) is 2.02. The van der Waals surface area contributed by atoms with Crippen LogP contribution in [0.25, 0.3) is 0 Å². The van der Waals surface area contributed by atoms with E-state index in [-0.39, 0.29) is 6.04 Å². The average Bonchev–Trinajstić information content (AvgIpc) is 2.77. The van der Waals surface area contributed by atoms with Gasteiger partial charge in [0.25, 0.3) is 0 Å². The molecule has 0 fully saturated rings. The van der Waals surface area contributed by atoms with E-state index in [9.17, 15) is 0 Å². The number of aryl methyl sites for hydroxylation is 2. The standard InChI is InChI=1S/C15H21N3O/c1-4-12-9-13(18(3)17-12)10-19-15-8-6-5-7-14(15)11(2)16/h5-9,11H,4,10,16H2,1-3H3/t11-/m1/s1. The van der Waals surface area contributed by atoms with Gasteiger partial charge in [0.1, 0.15) is 12.4 Å². The lowest BCUT2D eigenvalue weighted by molar-refractivity contribution is 0.290. The van der Waals surface area contributed by atoms with Gasteiger partial charge in [-0.25, -0.2) is 0 Å². The second-order valence-electron chi connectivity index (χ2n) is 4.72. The predicted molar refractivity (Wildman–Crippen MR) is 76.0 cm³/mol. The highest BCUT2D eigenvalue weighted by atomic mass is 16.5. The molecule has 0 aliphatic rings. The second kappa shape index (κ2) is 5.89. The molecular formula is C15H21N3O. The zero-order chi connectivity index (χ0) is 13.8. The van der Waals surface area contributed by atoms with Crippen molar-refractivity contribution >= 4 is 0 Å². The van der Waals surface area contributed by atoms with E-state index in [1.165, 1.54) is 0 Å². The van der Waals surface area contributed by atoms with Crippen molar-refractivity contribution in [2.75, 3.05) is 0 Å². The van der Waals surface area contributed by atoms with Crippen LogP contribution in [0.3, 0.4) is 0 Å². The van der Waals surface area contributed by atoms with Crippen molar-refractivity contribution in [3.63, 3.8) is 0 Å². The second-order valence-corrected chi connectivity index (χ2v) is 4.72. The number of hydrogen-bond donors (Lipinski definition) is 1. The van der Waals surface area contributed by atoms with Gasteiger partial charge >= 0.3 is 0 Å². The molecule has 2 rings (SSSR count). The molecule has 102 valence electrons. The molecule has 1 atom stereocenters. The molecule has 1 heterocycles. The Kier molecular flexibility index (Phi) is 4.22. The summed E-state index contributed by atoms with van der Waals surface area (Å²) >= 11 is 0. The van der Waals surface area contributed by atoms with Crippen LogP contribution in [-0.2, 0) is 20.1 Å². The van der Waals surface area contributed by atoms with Gasteiger partial charge in [0.05, 0.1) is 11.4 Å². The van der Waals surface area contributed by atoms with E-state index >= 15 is 0 Å². The molecule has 4 nitrogen and oxygen atoms in total. The number of rotatable bonds is 5. The first kappa shape index (κ1) is 13.6. The molecule has 19 heavy (non-hydrogen) atoms. The molecule has 1 aromatic heterocycles. The number of nitrogens with zero attached hydrogens (tertiary/aromatic N) is 2. The lowest BCUT2D eigenvalue weighted by Crippen LogP contribution is -2.09. The summed E-state index contributed by atoms with van der Waals surface area (Å²) in [6.45, 7) is 4.56. The minimum atomic E-state index is -0.0334. The molecule has 0 aliphatic carbocycles.